The zero-order chi connectivity index (χ0) is 20.2. The van der Waals surface area contributed by atoms with Gasteiger partial charge in [0.05, 0.1) is 11.0 Å². The molecule has 1 amide bonds. The van der Waals surface area contributed by atoms with Gasteiger partial charge < -0.3 is 10.0 Å². The number of sulfonamides is 1. The first kappa shape index (κ1) is 21.0. The highest BCUT2D eigenvalue weighted by atomic mass is 32.2. The Morgan fingerprint density at radius 3 is 2.22 bits per heavy atom. The van der Waals surface area contributed by atoms with Crippen LogP contribution in [0.4, 0.5) is 4.39 Å². The van der Waals surface area contributed by atoms with Crippen LogP contribution < -0.4 is 4.72 Å². The lowest BCUT2D eigenvalue weighted by atomic mass is 10.1. The maximum atomic E-state index is 13.0. The van der Waals surface area contributed by atoms with Crippen molar-refractivity contribution in [2.75, 3.05) is 7.05 Å². The van der Waals surface area contributed by atoms with E-state index in [-0.39, 0.29) is 17.3 Å². The van der Waals surface area contributed by atoms with Crippen LogP contribution in [-0.4, -0.2) is 43.5 Å². The number of aliphatic hydroxyl groups excluding tert-OH is 1. The molecule has 0 saturated carbocycles. The second kappa shape index (κ2) is 8.60. The number of nitrogens with zero attached hydrogens (tertiary/aromatic N) is 1. The molecule has 0 bridgehead atoms. The first-order chi connectivity index (χ1) is 12.6. The lowest BCUT2D eigenvalue weighted by molar-refractivity contribution is -0.134. The highest BCUT2D eigenvalue weighted by molar-refractivity contribution is 7.89. The van der Waals surface area contributed by atoms with Crippen molar-refractivity contribution in [1.29, 1.82) is 0 Å². The molecule has 0 aromatic heterocycles. The fraction of sp³-hybridized carbons (Fsp3) is 0.316. The van der Waals surface area contributed by atoms with Gasteiger partial charge in [0.25, 0.3) is 0 Å². The molecule has 0 radical (unpaired) electrons. The van der Waals surface area contributed by atoms with Crippen LogP contribution in [0.5, 0.6) is 0 Å². The van der Waals surface area contributed by atoms with Gasteiger partial charge >= 0.3 is 0 Å². The van der Waals surface area contributed by atoms with Crippen LogP contribution in [0.15, 0.2) is 53.4 Å². The summed E-state index contributed by atoms with van der Waals surface area (Å²) in [6.45, 7) is 3.32. The zero-order valence-corrected chi connectivity index (χ0v) is 16.2. The number of hydrogen-bond acceptors (Lipinski definition) is 4. The van der Waals surface area contributed by atoms with Gasteiger partial charge in [-0.15, -0.1) is 0 Å². The van der Waals surface area contributed by atoms with Crippen molar-refractivity contribution in [2.45, 2.75) is 37.4 Å². The van der Waals surface area contributed by atoms with Crippen LogP contribution in [0.25, 0.3) is 0 Å². The SMILES string of the molecule is Cc1ccc(S(=O)(=O)N[C@@H](C(=O)N(C)Cc2ccc(F)cc2)[C@@H](C)O)cc1. The van der Waals surface area contributed by atoms with Crippen LogP contribution in [0, 0.1) is 12.7 Å². The Bertz CT molecular complexity index is 881. The Labute approximate surface area is 158 Å². The van der Waals surface area contributed by atoms with E-state index in [1.54, 1.807) is 12.1 Å². The predicted molar refractivity (Wildman–Crippen MR) is 99.8 cm³/mol. The number of aliphatic hydroxyl groups is 1. The van der Waals surface area contributed by atoms with E-state index in [9.17, 15) is 22.7 Å². The molecule has 6 nitrogen and oxygen atoms in total. The molecular weight excluding hydrogens is 371 g/mol. The van der Waals surface area contributed by atoms with E-state index in [4.69, 9.17) is 0 Å². The molecule has 146 valence electrons. The van der Waals surface area contributed by atoms with Gasteiger partial charge in [0, 0.05) is 13.6 Å². The van der Waals surface area contributed by atoms with Gasteiger partial charge in [0.2, 0.25) is 15.9 Å². The Morgan fingerprint density at radius 2 is 1.70 bits per heavy atom. The van der Waals surface area contributed by atoms with Crippen molar-refractivity contribution in [2.24, 2.45) is 0 Å². The summed E-state index contributed by atoms with van der Waals surface area (Å²) in [7, 11) is -2.50. The van der Waals surface area contributed by atoms with E-state index in [2.05, 4.69) is 4.72 Å². The van der Waals surface area contributed by atoms with Gasteiger partial charge in [-0.3, -0.25) is 4.79 Å². The summed E-state index contributed by atoms with van der Waals surface area (Å²) < 4.78 is 40.4. The normalized spacial score (nSPS) is 13.8. The number of carbonyl (C=O) groups is 1. The molecule has 0 heterocycles. The van der Waals surface area contributed by atoms with Crippen LogP contribution in [0.1, 0.15) is 18.1 Å². The molecule has 8 heteroatoms. The predicted octanol–water partition coefficient (Wildman–Crippen LogP) is 1.82. The minimum atomic E-state index is -3.99. The lowest BCUT2D eigenvalue weighted by Crippen LogP contribution is -2.52. The molecule has 0 aliphatic rings. The summed E-state index contributed by atoms with van der Waals surface area (Å²) in [6.07, 6.45) is -1.24. The molecule has 2 rings (SSSR count). The van der Waals surface area contributed by atoms with E-state index in [0.717, 1.165) is 5.56 Å². The minimum absolute atomic E-state index is 0.00716. The van der Waals surface area contributed by atoms with Gasteiger partial charge in [0.1, 0.15) is 11.9 Å². The molecule has 2 N–H and O–H groups in total. The molecule has 0 aliphatic heterocycles. The first-order valence-corrected chi connectivity index (χ1v) is 9.85. The number of likely N-dealkylation sites (N-methyl/N-ethyl adjacent to an activating group) is 1. The number of nitrogens with one attached hydrogen (secondary N) is 1. The number of benzene rings is 2. The fourth-order valence-electron chi connectivity index (χ4n) is 2.49. The van der Waals surface area contributed by atoms with Crippen molar-refractivity contribution in [3.63, 3.8) is 0 Å². The standard InChI is InChI=1S/C19H23FN2O4S/c1-13-4-10-17(11-5-13)27(25,26)21-18(14(2)23)19(24)22(3)12-15-6-8-16(20)9-7-15/h4-11,14,18,21,23H,12H2,1-3H3/t14-,18-/m1/s1. The van der Waals surface area contributed by atoms with E-state index in [1.807, 2.05) is 6.92 Å². The van der Waals surface area contributed by atoms with E-state index >= 15 is 0 Å². The average Bonchev–Trinajstić information content (AvgIpc) is 2.61. The average molecular weight is 394 g/mol. The number of hydrogen-bond donors (Lipinski definition) is 2. The van der Waals surface area contributed by atoms with Crippen molar-refractivity contribution in [3.05, 3.63) is 65.5 Å². The number of rotatable bonds is 7. The van der Waals surface area contributed by atoms with Gasteiger partial charge in [-0.25, -0.2) is 12.8 Å². The van der Waals surface area contributed by atoms with Crippen LogP contribution in [0.3, 0.4) is 0 Å². The van der Waals surface area contributed by atoms with Crippen molar-refractivity contribution in [1.82, 2.24) is 9.62 Å². The molecule has 0 unspecified atom stereocenters. The molecule has 0 spiro atoms. The van der Waals surface area contributed by atoms with Crippen molar-refractivity contribution in [3.8, 4) is 0 Å². The van der Waals surface area contributed by atoms with E-state index < -0.39 is 28.1 Å². The monoisotopic (exact) mass is 394 g/mol. The van der Waals surface area contributed by atoms with E-state index in [0.29, 0.717) is 5.56 Å². The first-order valence-electron chi connectivity index (χ1n) is 8.36. The number of aryl methyl sites for hydroxylation is 1. The summed E-state index contributed by atoms with van der Waals surface area (Å²) in [4.78, 5) is 14.0. The highest BCUT2D eigenvalue weighted by Gasteiger charge is 2.31. The van der Waals surface area contributed by atoms with Gasteiger partial charge in [-0.2, -0.15) is 4.72 Å². The second-order valence-electron chi connectivity index (χ2n) is 6.47. The second-order valence-corrected chi connectivity index (χ2v) is 8.19. The molecule has 0 fully saturated rings. The summed E-state index contributed by atoms with van der Waals surface area (Å²) in [5.41, 5.74) is 1.58. The van der Waals surface area contributed by atoms with Gasteiger partial charge in [-0.05, 0) is 43.7 Å². The number of amides is 1. The number of halogens is 1. The molecule has 0 saturated heterocycles. The topological polar surface area (TPSA) is 86.7 Å². The summed E-state index contributed by atoms with van der Waals surface area (Å²) in [5.74, 6) is -0.981. The summed E-state index contributed by atoms with van der Waals surface area (Å²) in [6, 6.07) is 10.4. The lowest BCUT2D eigenvalue weighted by Gasteiger charge is -2.26. The third-order valence-corrected chi connectivity index (χ3v) is 5.53. The summed E-state index contributed by atoms with van der Waals surface area (Å²) in [5, 5.41) is 9.96. The van der Waals surface area contributed by atoms with Gasteiger partial charge in [-0.1, -0.05) is 29.8 Å². The molecule has 2 aromatic rings. The molecule has 2 aromatic carbocycles. The third-order valence-electron chi connectivity index (χ3n) is 4.07. The third kappa shape index (κ3) is 5.59. The molecule has 0 aliphatic carbocycles. The molecular formula is C19H23FN2O4S. The van der Waals surface area contributed by atoms with E-state index in [1.165, 1.54) is 55.3 Å². The maximum absolute atomic E-state index is 13.0. The highest BCUT2D eigenvalue weighted by Crippen LogP contribution is 2.13. The van der Waals surface area contributed by atoms with Crippen molar-refractivity contribution >= 4 is 15.9 Å². The largest absolute Gasteiger partial charge is 0.391 e. The summed E-state index contributed by atoms with van der Waals surface area (Å²) >= 11 is 0. The van der Waals surface area contributed by atoms with Crippen LogP contribution >= 0.6 is 0 Å². The quantitative estimate of drug-likeness (QED) is 0.750. The van der Waals surface area contributed by atoms with Crippen LogP contribution in [-0.2, 0) is 21.4 Å². The smallest absolute Gasteiger partial charge is 0.243 e. The Morgan fingerprint density at radius 1 is 1.15 bits per heavy atom. The fourth-order valence-corrected chi connectivity index (χ4v) is 3.75. The van der Waals surface area contributed by atoms with Crippen LogP contribution in [0.2, 0.25) is 0 Å². The Balaban J connectivity index is 2.16. The van der Waals surface area contributed by atoms with Crippen molar-refractivity contribution < 1.29 is 22.7 Å². The number of carbonyl (C=O) groups excluding carboxylic acids is 1. The Kier molecular flexibility index (Phi) is 6.69. The molecule has 27 heavy (non-hydrogen) atoms. The van der Waals surface area contributed by atoms with Gasteiger partial charge in [0.15, 0.2) is 0 Å². The minimum Gasteiger partial charge on any atom is -0.391 e. The maximum Gasteiger partial charge on any atom is 0.243 e. The Hall–Kier alpha value is -2.29. The molecule has 2 atom stereocenters. The zero-order valence-electron chi connectivity index (χ0n) is 15.4.